The van der Waals surface area contributed by atoms with Crippen LogP contribution in [-0.2, 0) is 0 Å². The van der Waals surface area contributed by atoms with E-state index in [2.05, 4.69) is 41.4 Å². The molecule has 0 amide bonds. The summed E-state index contributed by atoms with van der Waals surface area (Å²) in [4.78, 5) is 3.94. The van der Waals surface area contributed by atoms with Crippen molar-refractivity contribution in [3.63, 3.8) is 0 Å². The molecule has 0 bridgehead atoms. The zero-order chi connectivity index (χ0) is 12.8. The van der Waals surface area contributed by atoms with E-state index in [1.165, 1.54) is 19.3 Å². The van der Waals surface area contributed by atoms with Crippen molar-refractivity contribution in [3.8, 4) is 5.69 Å². The summed E-state index contributed by atoms with van der Waals surface area (Å²) < 4.78 is 1.75. The number of nitrogens with zero attached hydrogens (tertiary/aromatic N) is 3. The van der Waals surface area contributed by atoms with Gasteiger partial charge in [-0.15, -0.1) is 0 Å². The summed E-state index contributed by atoms with van der Waals surface area (Å²) in [5.74, 6) is 0. The van der Waals surface area contributed by atoms with E-state index in [4.69, 9.17) is 0 Å². The van der Waals surface area contributed by atoms with Gasteiger partial charge in [0.1, 0.15) is 12.7 Å². The highest BCUT2D eigenvalue weighted by molar-refractivity contribution is 5.48. The van der Waals surface area contributed by atoms with Crippen LogP contribution in [0, 0.1) is 0 Å². The molecule has 0 saturated heterocycles. The predicted octanol–water partition coefficient (Wildman–Crippen LogP) is 3.26. The van der Waals surface area contributed by atoms with Crippen LogP contribution in [0.25, 0.3) is 5.69 Å². The van der Waals surface area contributed by atoms with Crippen LogP contribution in [0.3, 0.4) is 0 Å². The lowest BCUT2D eigenvalue weighted by molar-refractivity contribution is 0.645. The van der Waals surface area contributed by atoms with Crippen molar-refractivity contribution in [1.29, 1.82) is 0 Å². The normalized spacial score (nSPS) is 12.3. The van der Waals surface area contributed by atoms with Gasteiger partial charge in [0, 0.05) is 11.7 Å². The first-order valence-corrected chi connectivity index (χ1v) is 6.51. The summed E-state index contributed by atoms with van der Waals surface area (Å²) in [6.07, 6.45) is 6.97. The van der Waals surface area contributed by atoms with E-state index in [1.54, 1.807) is 17.3 Å². The molecule has 1 unspecified atom stereocenters. The molecule has 2 rings (SSSR count). The lowest BCUT2D eigenvalue weighted by Gasteiger charge is -2.15. The van der Waals surface area contributed by atoms with Crippen molar-refractivity contribution in [1.82, 2.24) is 14.8 Å². The second-order valence-electron chi connectivity index (χ2n) is 4.57. The third-order valence-corrected chi connectivity index (χ3v) is 2.95. The van der Waals surface area contributed by atoms with Crippen molar-refractivity contribution in [3.05, 3.63) is 36.9 Å². The average molecular weight is 244 g/mol. The van der Waals surface area contributed by atoms with Crippen molar-refractivity contribution in [2.24, 2.45) is 0 Å². The Morgan fingerprint density at radius 2 is 2.06 bits per heavy atom. The molecule has 0 aliphatic carbocycles. The molecule has 0 fully saturated rings. The minimum absolute atomic E-state index is 0.516. The van der Waals surface area contributed by atoms with Crippen molar-refractivity contribution < 1.29 is 0 Å². The minimum atomic E-state index is 0.516. The molecule has 1 aromatic heterocycles. The zero-order valence-electron chi connectivity index (χ0n) is 11.0. The highest BCUT2D eigenvalue weighted by atomic mass is 15.3. The van der Waals surface area contributed by atoms with Gasteiger partial charge < -0.3 is 5.32 Å². The summed E-state index contributed by atoms with van der Waals surface area (Å²) in [5.41, 5.74) is 2.18. The fraction of sp³-hybridized carbons (Fsp3) is 0.429. The van der Waals surface area contributed by atoms with Crippen LogP contribution in [0.15, 0.2) is 36.9 Å². The number of unbranched alkanes of at least 4 members (excludes halogenated alkanes) is 1. The fourth-order valence-electron chi connectivity index (χ4n) is 1.92. The number of nitrogens with one attached hydrogen (secondary N) is 1. The number of rotatable bonds is 6. The van der Waals surface area contributed by atoms with Gasteiger partial charge in [-0.3, -0.25) is 0 Å². The molecule has 0 aliphatic rings. The lowest BCUT2D eigenvalue weighted by atomic mass is 10.1. The Bertz CT molecular complexity index is 447. The highest BCUT2D eigenvalue weighted by Gasteiger charge is 2.02. The van der Waals surface area contributed by atoms with Crippen molar-refractivity contribution >= 4 is 5.69 Å². The van der Waals surface area contributed by atoms with E-state index >= 15 is 0 Å². The van der Waals surface area contributed by atoms with E-state index in [0.29, 0.717) is 6.04 Å². The van der Waals surface area contributed by atoms with Gasteiger partial charge in [-0.25, -0.2) is 9.67 Å². The summed E-state index contributed by atoms with van der Waals surface area (Å²) in [5, 5.41) is 7.61. The van der Waals surface area contributed by atoms with E-state index < -0.39 is 0 Å². The Kier molecular flexibility index (Phi) is 4.34. The van der Waals surface area contributed by atoms with Gasteiger partial charge in [0.25, 0.3) is 0 Å². The number of aromatic nitrogens is 3. The molecule has 1 heterocycles. The molecule has 0 radical (unpaired) electrons. The standard InChI is InChI=1S/C14H20N4/c1-3-4-5-12(2)17-13-6-8-14(9-7-13)18-11-15-10-16-18/h6-12,17H,3-5H2,1-2H3. The Morgan fingerprint density at radius 1 is 1.28 bits per heavy atom. The molecule has 0 aliphatic heterocycles. The summed E-state index contributed by atoms with van der Waals surface area (Å²) in [6.45, 7) is 4.45. The van der Waals surface area contributed by atoms with Crippen LogP contribution in [0.4, 0.5) is 5.69 Å². The summed E-state index contributed by atoms with van der Waals surface area (Å²) >= 11 is 0. The van der Waals surface area contributed by atoms with Gasteiger partial charge >= 0.3 is 0 Å². The van der Waals surface area contributed by atoms with Crippen molar-refractivity contribution in [2.45, 2.75) is 39.2 Å². The molecule has 18 heavy (non-hydrogen) atoms. The Morgan fingerprint density at radius 3 is 2.67 bits per heavy atom. The van der Waals surface area contributed by atoms with Crippen LogP contribution < -0.4 is 5.32 Å². The molecule has 0 spiro atoms. The Balaban J connectivity index is 1.95. The summed E-state index contributed by atoms with van der Waals surface area (Å²) in [7, 11) is 0. The first kappa shape index (κ1) is 12.6. The Labute approximate surface area is 108 Å². The maximum absolute atomic E-state index is 4.10. The van der Waals surface area contributed by atoms with Gasteiger partial charge in [-0.05, 0) is 37.6 Å². The molecule has 1 atom stereocenters. The van der Waals surface area contributed by atoms with E-state index in [-0.39, 0.29) is 0 Å². The molecular weight excluding hydrogens is 224 g/mol. The number of benzene rings is 1. The second kappa shape index (κ2) is 6.19. The van der Waals surface area contributed by atoms with Crippen LogP contribution >= 0.6 is 0 Å². The molecule has 4 nitrogen and oxygen atoms in total. The molecule has 0 saturated carbocycles. The molecule has 96 valence electrons. The van der Waals surface area contributed by atoms with E-state index in [9.17, 15) is 0 Å². The van der Waals surface area contributed by atoms with Crippen molar-refractivity contribution in [2.75, 3.05) is 5.32 Å². The SMILES string of the molecule is CCCCC(C)Nc1ccc(-n2cncn2)cc1. The molecule has 2 aromatic rings. The smallest absolute Gasteiger partial charge is 0.138 e. The first-order valence-electron chi connectivity index (χ1n) is 6.51. The average Bonchev–Trinajstić information content (AvgIpc) is 2.91. The largest absolute Gasteiger partial charge is 0.383 e. The van der Waals surface area contributed by atoms with Crippen LogP contribution in [0.1, 0.15) is 33.1 Å². The fourth-order valence-corrected chi connectivity index (χ4v) is 1.92. The topological polar surface area (TPSA) is 42.7 Å². The zero-order valence-corrected chi connectivity index (χ0v) is 11.0. The predicted molar refractivity (Wildman–Crippen MR) is 74.0 cm³/mol. The van der Waals surface area contributed by atoms with Crippen LogP contribution in [0.5, 0.6) is 0 Å². The molecule has 1 aromatic carbocycles. The third kappa shape index (κ3) is 3.32. The molecule has 1 N–H and O–H groups in total. The second-order valence-corrected chi connectivity index (χ2v) is 4.57. The first-order chi connectivity index (χ1) is 8.79. The van der Waals surface area contributed by atoms with Gasteiger partial charge in [0.2, 0.25) is 0 Å². The number of hydrogen-bond acceptors (Lipinski definition) is 3. The van der Waals surface area contributed by atoms with Crippen LogP contribution in [0.2, 0.25) is 0 Å². The quantitative estimate of drug-likeness (QED) is 0.848. The highest BCUT2D eigenvalue weighted by Crippen LogP contribution is 2.14. The number of anilines is 1. The summed E-state index contributed by atoms with van der Waals surface area (Å²) in [6, 6.07) is 8.77. The number of hydrogen-bond donors (Lipinski definition) is 1. The van der Waals surface area contributed by atoms with Gasteiger partial charge in [-0.1, -0.05) is 19.8 Å². The minimum Gasteiger partial charge on any atom is -0.383 e. The lowest BCUT2D eigenvalue weighted by Crippen LogP contribution is -2.14. The molecule has 4 heteroatoms. The van der Waals surface area contributed by atoms with Gasteiger partial charge in [0.15, 0.2) is 0 Å². The Hall–Kier alpha value is -1.84. The van der Waals surface area contributed by atoms with E-state index in [1.807, 2.05) is 12.1 Å². The monoisotopic (exact) mass is 244 g/mol. The third-order valence-electron chi connectivity index (χ3n) is 2.95. The van der Waals surface area contributed by atoms with Crippen LogP contribution in [-0.4, -0.2) is 20.8 Å². The maximum atomic E-state index is 4.10. The van der Waals surface area contributed by atoms with E-state index in [0.717, 1.165) is 11.4 Å². The van der Waals surface area contributed by atoms with Gasteiger partial charge in [-0.2, -0.15) is 5.10 Å². The maximum Gasteiger partial charge on any atom is 0.138 e. The molecular formula is C14H20N4. The van der Waals surface area contributed by atoms with Gasteiger partial charge in [0.05, 0.1) is 5.69 Å².